The number of nitrogens with one attached hydrogen (secondary N) is 3. The van der Waals surface area contributed by atoms with Crippen molar-refractivity contribution in [2.24, 2.45) is 5.10 Å². The predicted octanol–water partition coefficient (Wildman–Crippen LogP) is 7.70. The number of hydrogen-bond acceptors (Lipinski definition) is 9. The normalized spacial score (nSPS) is 10.8. The number of carbonyl (C=O) groups excluding carboxylic acids is 2. The molecule has 3 N–H and O–H groups in total. The molecule has 47 heavy (non-hydrogen) atoms. The van der Waals surface area contributed by atoms with Gasteiger partial charge in [-0.1, -0.05) is 53.6 Å². The van der Waals surface area contributed by atoms with Crippen LogP contribution in [0.2, 0.25) is 5.02 Å². The third kappa shape index (κ3) is 8.87. The number of para-hydroxylation sites is 2. The van der Waals surface area contributed by atoms with Gasteiger partial charge in [0, 0.05) is 22.2 Å². The van der Waals surface area contributed by atoms with E-state index < -0.39 is 5.91 Å². The molecule has 0 saturated carbocycles. The lowest BCUT2D eigenvalue weighted by Gasteiger charge is -2.15. The van der Waals surface area contributed by atoms with E-state index in [4.69, 9.17) is 25.8 Å². The number of rotatable bonds is 13. The van der Waals surface area contributed by atoms with Crippen molar-refractivity contribution in [1.82, 2.24) is 10.4 Å². The average Bonchev–Trinajstić information content (AvgIpc) is 3.54. The first-order chi connectivity index (χ1) is 22.8. The van der Waals surface area contributed by atoms with Gasteiger partial charge in [0.15, 0.2) is 23.2 Å². The summed E-state index contributed by atoms with van der Waals surface area (Å²) in [6.45, 7) is 3.88. The quantitative estimate of drug-likeness (QED) is 0.0867. The summed E-state index contributed by atoms with van der Waals surface area (Å²) in [7, 11) is 1.52. The maximum Gasteiger partial charge on any atom is 0.271 e. The van der Waals surface area contributed by atoms with Crippen LogP contribution in [0, 0.1) is 6.92 Å². The number of hydrogen-bond donors (Lipinski definition) is 3. The molecular weight excluding hydrogens is 638 g/mol. The zero-order chi connectivity index (χ0) is 33.2. The van der Waals surface area contributed by atoms with Crippen LogP contribution in [-0.2, 0) is 4.79 Å². The Morgan fingerprint density at radius 3 is 2.49 bits per heavy atom. The van der Waals surface area contributed by atoms with Gasteiger partial charge in [0.2, 0.25) is 0 Å². The third-order valence-corrected chi connectivity index (χ3v) is 7.73. The number of ether oxygens (including phenoxy) is 3. The SMILES string of the molecule is CCOc1cc(/C=N/NC(=O)c2ccc(-c3csc(Nc4ccc(C)cc4)n3)cc2)cc(Cl)c1OCC(=O)Nc1ccccc1OC. The Balaban J connectivity index is 1.17. The molecule has 1 aromatic heterocycles. The molecule has 240 valence electrons. The minimum atomic E-state index is -0.402. The standard InChI is InChI=1S/C35H32ClN5O5S/c1-4-45-31-18-23(17-27(36)33(31)46-20-32(42)39-28-7-5-6-8-30(28)44-3)19-37-41-34(43)25-13-11-24(12-14-25)29-21-47-35(40-29)38-26-15-9-22(2)10-16-26/h5-19,21H,4,20H2,1-3H3,(H,38,40)(H,39,42)(H,41,43)/b37-19+. The van der Waals surface area contributed by atoms with E-state index in [1.54, 1.807) is 48.5 Å². The number of carbonyl (C=O) groups is 2. The van der Waals surface area contributed by atoms with E-state index in [0.717, 1.165) is 22.1 Å². The van der Waals surface area contributed by atoms with Gasteiger partial charge in [-0.25, -0.2) is 10.4 Å². The molecule has 0 spiro atoms. The van der Waals surface area contributed by atoms with Crippen LogP contribution in [0.15, 0.2) is 95.4 Å². The molecule has 4 aromatic carbocycles. The number of aromatic nitrogens is 1. The summed E-state index contributed by atoms with van der Waals surface area (Å²) in [5.74, 6) is 0.278. The second kappa shape index (κ2) is 15.7. The fourth-order valence-corrected chi connectivity index (χ4v) is 5.40. The van der Waals surface area contributed by atoms with Gasteiger partial charge in [-0.15, -0.1) is 11.3 Å². The maximum absolute atomic E-state index is 12.8. The highest BCUT2D eigenvalue weighted by Gasteiger charge is 2.15. The molecule has 5 rings (SSSR count). The molecule has 0 aliphatic rings. The van der Waals surface area contributed by atoms with Gasteiger partial charge in [0.25, 0.3) is 11.8 Å². The first kappa shape index (κ1) is 33.0. The maximum atomic E-state index is 12.8. The minimum Gasteiger partial charge on any atom is -0.495 e. The summed E-state index contributed by atoms with van der Waals surface area (Å²) in [4.78, 5) is 30.0. The molecule has 12 heteroatoms. The Morgan fingerprint density at radius 1 is 0.979 bits per heavy atom. The molecule has 2 amide bonds. The van der Waals surface area contributed by atoms with Crippen LogP contribution in [0.5, 0.6) is 17.2 Å². The summed E-state index contributed by atoms with van der Waals surface area (Å²) in [6, 6.07) is 25.5. The summed E-state index contributed by atoms with van der Waals surface area (Å²) < 4.78 is 16.7. The number of aryl methyl sites for hydroxylation is 1. The van der Waals surface area contributed by atoms with Crippen LogP contribution in [0.1, 0.15) is 28.4 Å². The number of nitrogens with zero attached hydrogens (tertiary/aromatic N) is 2. The van der Waals surface area contributed by atoms with Crippen LogP contribution in [-0.4, -0.2) is 43.3 Å². The van der Waals surface area contributed by atoms with Crippen molar-refractivity contribution in [3.8, 4) is 28.5 Å². The molecule has 10 nitrogen and oxygen atoms in total. The second-order valence-electron chi connectivity index (χ2n) is 10.1. The Bertz CT molecular complexity index is 1880. The highest BCUT2D eigenvalue weighted by Crippen LogP contribution is 2.36. The van der Waals surface area contributed by atoms with Gasteiger partial charge in [0.05, 0.1) is 36.3 Å². The Hall–Kier alpha value is -5.39. The molecule has 0 atom stereocenters. The fraction of sp³-hybridized carbons (Fsp3) is 0.143. The van der Waals surface area contributed by atoms with Crippen LogP contribution < -0.4 is 30.3 Å². The van der Waals surface area contributed by atoms with Gasteiger partial charge in [-0.05, 0) is 67.9 Å². The lowest BCUT2D eigenvalue weighted by Crippen LogP contribution is -2.21. The molecule has 1 heterocycles. The van der Waals surface area contributed by atoms with Crippen molar-refractivity contribution >= 4 is 57.5 Å². The highest BCUT2D eigenvalue weighted by molar-refractivity contribution is 7.14. The molecule has 0 aliphatic heterocycles. The number of benzene rings is 4. The van der Waals surface area contributed by atoms with Crippen molar-refractivity contribution in [2.45, 2.75) is 13.8 Å². The van der Waals surface area contributed by atoms with E-state index in [0.29, 0.717) is 34.9 Å². The second-order valence-corrected chi connectivity index (χ2v) is 11.4. The number of thiazole rings is 1. The summed E-state index contributed by atoms with van der Waals surface area (Å²) >= 11 is 8.00. The van der Waals surface area contributed by atoms with Crippen LogP contribution in [0.4, 0.5) is 16.5 Å². The lowest BCUT2D eigenvalue weighted by molar-refractivity contribution is -0.118. The zero-order valence-corrected chi connectivity index (χ0v) is 27.4. The van der Waals surface area contributed by atoms with Gasteiger partial charge < -0.3 is 24.8 Å². The predicted molar refractivity (Wildman–Crippen MR) is 187 cm³/mol. The summed E-state index contributed by atoms with van der Waals surface area (Å²) in [5, 5.41) is 13.1. The van der Waals surface area contributed by atoms with E-state index in [-0.39, 0.29) is 23.3 Å². The number of anilines is 3. The fourth-order valence-electron chi connectivity index (χ4n) is 4.38. The molecule has 0 bridgehead atoms. The Kier molecular flexibility index (Phi) is 11.1. The first-order valence-electron chi connectivity index (χ1n) is 14.6. The Labute approximate surface area is 281 Å². The molecule has 0 unspecified atom stereocenters. The molecule has 0 saturated heterocycles. The van der Waals surface area contributed by atoms with E-state index in [9.17, 15) is 9.59 Å². The smallest absolute Gasteiger partial charge is 0.271 e. The monoisotopic (exact) mass is 669 g/mol. The van der Waals surface area contributed by atoms with Gasteiger partial charge in [0.1, 0.15) is 5.75 Å². The number of halogens is 1. The van der Waals surface area contributed by atoms with Crippen LogP contribution >= 0.6 is 22.9 Å². The Morgan fingerprint density at radius 2 is 1.74 bits per heavy atom. The highest BCUT2D eigenvalue weighted by atomic mass is 35.5. The number of hydrazone groups is 1. The number of amides is 2. The molecule has 0 fully saturated rings. The zero-order valence-electron chi connectivity index (χ0n) is 25.9. The molecular formula is C35H32ClN5O5S. The summed E-state index contributed by atoms with van der Waals surface area (Å²) in [6.07, 6.45) is 1.44. The van der Waals surface area contributed by atoms with E-state index in [1.165, 1.54) is 30.2 Å². The number of methoxy groups -OCH3 is 1. The topological polar surface area (TPSA) is 123 Å². The molecule has 5 aromatic rings. The van der Waals surface area contributed by atoms with Crippen molar-refractivity contribution < 1.29 is 23.8 Å². The largest absolute Gasteiger partial charge is 0.495 e. The van der Waals surface area contributed by atoms with Crippen molar-refractivity contribution in [1.29, 1.82) is 0 Å². The van der Waals surface area contributed by atoms with Crippen molar-refractivity contribution in [3.05, 3.63) is 112 Å². The van der Waals surface area contributed by atoms with Gasteiger partial charge >= 0.3 is 0 Å². The minimum absolute atomic E-state index is 0.211. The average molecular weight is 670 g/mol. The van der Waals surface area contributed by atoms with E-state index in [2.05, 4.69) is 26.1 Å². The van der Waals surface area contributed by atoms with Crippen LogP contribution in [0.3, 0.4) is 0 Å². The van der Waals surface area contributed by atoms with E-state index in [1.807, 2.05) is 55.6 Å². The van der Waals surface area contributed by atoms with E-state index >= 15 is 0 Å². The molecule has 0 aliphatic carbocycles. The van der Waals surface area contributed by atoms with Crippen LogP contribution in [0.25, 0.3) is 11.3 Å². The van der Waals surface area contributed by atoms with Crippen molar-refractivity contribution in [2.75, 3.05) is 31.0 Å². The van der Waals surface area contributed by atoms with Gasteiger partial charge in [-0.3, -0.25) is 9.59 Å². The lowest BCUT2D eigenvalue weighted by atomic mass is 10.1. The van der Waals surface area contributed by atoms with Gasteiger partial charge in [-0.2, -0.15) is 5.10 Å². The summed E-state index contributed by atoms with van der Waals surface area (Å²) in [5.41, 5.74) is 7.88. The third-order valence-electron chi connectivity index (χ3n) is 6.69. The molecule has 0 radical (unpaired) electrons. The van der Waals surface area contributed by atoms with Crippen molar-refractivity contribution in [3.63, 3.8) is 0 Å². The first-order valence-corrected chi connectivity index (χ1v) is 15.8.